The van der Waals surface area contributed by atoms with Crippen LogP contribution in [0.1, 0.15) is 52.4 Å². The molecule has 188 valence electrons. The average molecular weight is 502 g/mol. The normalized spacial score (nSPS) is 13.6. The first-order valence-electron chi connectivity index (χ1n) is 12.9. The first kappa shape index (κ1) is 23.7. The number of carboxylic acid groups (broad SMARTS) is 1. The van der Waals surface area contributed by atoms with Crippen molar-refractivity contribution in [2.24, 2.45) is 0 Å². The van der Waals surface area contributed by atoms with Crippen LogP contribution in [0, 0.1) is 0 Å². The number of aromatic carboxylic acids is 1. The highest BCUT2D eigenvalue weighted by atomic mass is 16.4. The summed E-state index contributed by atoms with van der Waals surface area (Å²) < 4.78 is 2.25. The zero-order valence-corrected chi connectivity index (χ0v) is 20.8. The van der Waals surface area contributed by atoms with Gasteiger partial charge in [0.2, 0.25) is 0 Å². The third kappa shape index (κ3) is 4.57. The molecule has 4 aromatic carbocycles. The molecule has 0 saturated heterocycles. The maximum atomic E-state index is 13.0. The molecular formula is C32H27N3O3. The number of nitrogens with one attached hydrogen (secondary N) is 1. The molecule has 1 amide bonds. The number of anilines is 1. The number of carbonyl (C=O) groups is 2. The number of hydrogen-bond acceptors (Lipinski definition) is 3. The molecule has 1 aliphatic carbocycles. The quantitative estimate of drug-likeness (QED) is 0.253. The van der Waals surface area contributed by atoms with Gasteiger partial charge in [0, 0.05) is 22.9 Å². The largest absolute Gasteiger partial charge is 0.478 e. The lowest BCUT2D eigenvalue weighted by molar-refractivity contribution is 0.0696. The monoisotopic (exact) mass is 501 g/mol. The van der Waals surface area contributed by atoms with E-state index in [2.05, 4.69) is 9.88 Å². The third-order valence-corrected chi connectivity index (χ3v) is 7.26. The maximum absolute atomic E-state index is 13.0. The Morgan fingerprint density at radius 1 is 0.763 bits per heavy atom. The van der Waals surface area contributed by atoms with Crippen molar-refractivity contribution >= 4 is 28.6 Å². The summed E-state index contributed by atoms with van der Waals surface area (Å²) in [7, 11) is 0. The second-order valence-corrected chi connectivity index (χ2v) is 9.73. The van der Waals surface area contributed by atoms with Gasteiger partial charge in [0.15, 0.2) is 0 Å². The summed E-state index contributed by atoms with van der Waals surface area (Å²) in [4.78, 5) is 29.4. The topological polar surface area (TPSA) is 84.2 Å². The third-order valence-electron chi connectivity index (χ3n) is 7.26. The Hall–Kier alpha value is -4.71. The molecule has 0 radical (unpaired) electrons. The van der Waals surface area contributed by atoms with E-state index < -0.39 is 5.97 Å². The van der Waals surface area contributed by atoms with Gasteiger partial charge in [0.25, 0.3) is 5.91 Å². The minimum absolute atomic E-state index is 0.183. The molecule has 0 aliphatic heterocycles. The van der Waals surface area contributed by atoms with Crippen LogP contribution in [0.3, 0.4) is 0 Å². The first-order valence-corrected chi connectivity index (χ1v) is 12.9. The van der Waals surface area contributed by atoms with Crippen molar-refractivity contribution in [3.05, 3.63) is 108 Å². The van der Waals surface area contributed by atoms with Gasteiger partial charge >= 0.3 is 5.97 Å². The van der Waals surface area contributed by atoms with E-state index in [-0.39, 0.29) is 11.5 Å². The Balaban J connectivity index is 1.28. The summed E-state index contributed by atoms with van der Waals surface area (Å²) in [5.74, 6) is -0.345. The highest BCUT2D eigenvalue weighted by Crippen LogP contribution is 2.37. The predicted octanol–water partition coefficient (Wildman–Crippen LogP) is 7.44. The number of carbonyl (C=O) groups excluding carboxylic acids is 1. The fourth-order valence-corrected chi connectivity index (χ4v) is 5.35. The zero-order valence-electron chi connectivity index (χ0n) is 20.8. The van der Waals surface area contributed by atoms with E-state index in [1.54, 1.807) is 12.1 Å². The minimum atomic E-state index is -0.964. The van der Waals surface area contributed by atoms with Crippen LogP contribution in [0.25, 0.3) is 33.5 Å². The van der Waals surface area contributed by atoms with Gasteiger partial charge in [-0.3, -0.25) is 4.79 Å². The summed E-state index contributed by atoms with van der Waals surface area (Å²) >= 11 is 0. The van der Waals surface area contributed by atoms with Crippen LogP contribution in [0.4, 0.5) is 5.69 Å². The molecule has 1 heterocycles. The van der Waals surface area contributed by atoms with E-state index in [1.165, 1.54) is 12.8 Å². The molecule has 38 heavy (non-hydrogen) atoms. The van der Waals surface area contributed by atoms with Gasteiger partial charge in [-0.1, -0.05) is 67.4 Å². The molecule has 6 heteroatoms. The summed E-state index contributed by atoms with van der Waals surface area (Å²) in [6.45, 7) is 0. The predicted molar refractivity (Wildman–Crippen MR) is 149 cm³/mol. The van der Waals surface area contributed by atoms with Crippen molar-refractivity contribution in [2.45, 2.75) is 31.7 Å². The summed E-state index contributed by atoms with van der Waals surface area (Å²) in [6, 6.07) is 30.8. The number of hydrogen-bond donors (Lipinski definition) is 2. The lowest BCUT2D eigenvalue weighted by Gasteiger charge is -2.17. The van der Waals surface area contributed by atoms with E-state index in [1.807, 2.05) is 84.9 Å². The van der Waals surface area contributed by atoms with E-state index in [9.17, 15) is 14.7 Å². The molecule has 0 atom stereocenters. The van der Waals surface area contributed by atoms with Crippen LogP contribution in [0.15, 0.2) is 97.1 Å². The van der Waals surface area contributed by atoms with E-state index in [0.717, 1.165) is 46.6 Å². The van der Waals surface area contributed by atoms with Gasteiger partial charge in [-0.25, -0.2) is 9.78 Å². The minimum Gasteiger partial charge on any atom is -0.478 e. The number of fused-ring (bicyclic) bond motifs is 1. The van der Waals surface area contributed by atoms with Crippen molar-refractivity contribution in [3.63, 3.8) is 0 Å². The molecule has 1 aliphatic rings. The van der Waals surface area contributed by atoms with Crippen LogP contribution < -0.4 is 5.32 Å². The highest BCUT2D eigenvalue weighted by molar-refractivity contribution is 6.04. The second-order valence-electron chi connectivity index (χ2n) is 9.73. The lowest BCUT2D eigenvalue weighted by Crippen LogP contribution is -2.12. The molecule has 0 unspecified atom stereocenters. The van der Waals surface area contributed by atoms with Crippen molar-refractivity contribution in [2.75, 3.05) is 5.32 Å². The van der Waals surface area contributed by atoms with Crippen LogP contribution in [0.5, 0.6) is 0 Å². The van der Waals surface area contributed by atoms with E-state index in [0.29, 0.717) is 17.1 Å². The van der Waals surface area contributed by atoms with Crippen LogP contribution in [-0.4, -0.2) is 26.5 Å². The summed E-state index contributed by atoms with van der Waals surface area (Å²) in [5, 5.41) is 12.4. The average Bonchev–Trinajstić information content (AvgIpc) is 3.61. The summed E-state index contributed by atoms with van der Waals surface area (Å²) in [6.07, 6.45) is 4.48. The van der Waals surface area contributed by atoms with Crippen molar-refractivity contribution in [1.82, 2.24) is 9.55 Å². The fraction of sp³-hybridized carbons (Fsp3) is 0.156. The van der Waals surface area contributed by atoms with E-state index >= 15 is 0 Å². The molecule has 5 aromatic rings. The fourth-order valence-electron chi connectivity index (χ4n) is 5.35. The number of carboxylic acids is 1. The number of rotatable bonds is 6. The van der Waals surface area contributed by atoms with Gasteiger partial charge < -0.3 is 15.0 Å². The van der Waals surface area contributed by atoms with Crippen LogP contribution in [-0.2, 0) is 0 Å². The van der Waals surface area contributed by atoms with Gasteiger partial charge in [0.05, 0.1) is 16.6 Å². The molecule has 1 fully saturated rings. The first-order chi connectivity index (χ1) is 18.6. The van der Waals surface area contributed by atoms with Crippen molar-refractivity contribution < 1.29 is 14.7 Å². The smallest absolute Gasteiger partial charge is 0.335 e. The molecule has 0 spiro atoms. The molecule has 6 nitrogen and oxygen atoms in total. The number of imidazole rings is 1. The Morgan fingerprint density at radius 3 is 2.21 bits per heavy atom. The molecule has 0 bridgehead atoms. The number of aromatic nitrogens is 2. The Morgan fingerprint density at radius 2 is 1.47 bits per heavy atom. The SMILES string of the molecule is O=C(O)c1ccc2c(c1)nc(-c1ccc(C(=O)Nc3cccc(-c4ccccc4)c3)cc1)n2C1CCCC1. The Kier molecular flexibility index (Phi) is 6.22. The van der Waals surface area contributed by atoms with Crippen molar-refractivity contribution in [3.8, 4) is 22.5 Å². The maximum Gasteiger partial charge on any atom is 0.335 e. The molecular weight excluding hydrogens is 474 g/mol. The number of benzene rings is 4. The molecule has 1 aromatic heterocycles. The molecule has 1 saturated carbocycles. The second kappa shape index (κ2) is 9.98. The van der Waals surface area contributed by atoms with E-state index in [4.69, 9.17) is 4.98 Å². The number of nitrogens with zero attached hydrogens (tertiary/aromatic N) is 2. The van der Waals surface area contributed by atoms with Crippen LogP contribution >= 0.6 is 0 Å². The summed E-state index contributed by atoms with van der Waals surface area (Å²) in [5.41, 5.74) is 6.15. The lowest BCUT2D eigenvalue weighted by atomic mass is 10.1. The van der Waals surface area contributed by atoms with Gasteiger partial charge in [-0.15, -0.1) is 0 Å². The van der Waals surface area contributed by atoms with Gasteiger partial charge in [-0.2, -0.15) is 0 Å². The molecule has 2 N–H and O–H groups in total. The number of amides is 1. The Labute approximate surface area is 220 Å². The van der Waals surface area contributed by atoms with Gasteiger partial charge in [-0.05, 0) is 66.4 Å². The molecule has 6 rings (SSSR count). The standard InChI is InChI=1S/C32H27N3O3/c36-31(33-26-10-6-9-24(19-26)21-7-2-1-3-8-21)23-15-13-22(14-16-23)30-34-28-20-25(32(37)38)17-18-29(28)35(30)27-11-4-5-12-27/h1-3,6-10,13-20,27H,4-5,11-12H2,(H,33,36)(H,37,38). The highest BCUT2D eigenvalue weighted by Gasteiger charge is 2.24. The zero-order chi connectivity index (χ0) is 26.1. The Bertz CT molecular complexity index is 1630. The van der Waals surface area contributed by atoms with Gasteiger partial charge in [0.1, 0.15) is 5.82 Å². The van der Waals surface area contributed by atoms with Crippen LogP contribution in [0.2, 0.25) is 0 Å². The van der Waals surface area contributed by atoms with Crippen molar-refractivity contribution in [1.29, 1.82) is 0 Å².